The maximum absolute atomic E-state index is 12.3. The van der Waals surface area contributed by atoms with Gasteiger partial charge in [-0.15, -0.1) is 0 Å². The fourth-order valence-electron chi connectivity index (χ4n) is 1.04. The molecule has 1 rings (SSSR count). The fraction of sp³-hybridized carbons (Fsp3) is 0.286. The van der Waals surface area contributed by atoms with E-state index in [4.69, 9.17) is 5.11 Å². The summed E-state index contributed by atoms with van der Waals surface area (Å²) in [4.78, 5) is 22.1. The van der Waals surface area contributed by atoms with Gasteiger partial charge in [0.25, 0.3) is 6.43 Å². The van der Waals surface area contributed by atoms with E-state index in [2.05, 4.69) is 0 Å². The Kier molecular flexibility index (Phi) is 3.10. The number of H-pyrrole nitrogens is 1. The molecule has 1 aromatic heterocycles. The van der Waals surface area contributed by atoms with Gasteiger partial charge in [-0.2, -0.15) is 0 Å². The van der Waals surface area contributed by atoms with Crippen molar-refractivity contribution in [2.45, 2.75) is 13.0 Å². The number of aliphatic hydroxyl groups is 1. The van der Waals surface area contributed by atoms with Gasteiger partial charge < -0.3 is 15.2 Å². The van der Waals surface area contributed by atoms with Gasteiger partial charge in [-0.3, -0.25) is 4.79 Å². The molecule has 0 aliphatic rings. The fourth-order valence-corrected chi connectivity index (χ4v) is 1.04. The van der Waals surface area contributed by atoms with Crippen LogP contribution in [0.15, 0.2) is 10.9 Å². The van der Waals surface area contributed by atoms with E-state index in [0.717, 1.165) is 0 Å². The lowest BCUT2D eigenvalue weighted by Crippen LogP contribution is -2.15. The summed E-state index contributed by atoms with van der Waals surface area (Å²) in [7, 11) is 0. The smallest absolute Gasteiger partial charge is 0.325 e. The van der Waals surface area contributed by atoms with Crippen molar-refractivity contribution in [3.63, 3.8) is 0 Å². The normalized spacial score (nSPS) is 10.7. The number of pyridine rings is 1. The molecule has 0 atom stereocenters. The summed E-state index contributed by atoms with van der Waals surface area (Å²) in [5.74, 6) is -0.826. The van der Waals surface area contributed by atoms with Crippen LogP contribution in [-0.4, -0.2) is 15.0 Å². The standard InChI is InChI=1S/C7H6F2N2O4/c8-7(9)6-3(2-12)4(13)1-5(10-6)11(14)15/h1,7,12H,2H2,(H,10,13). The lowest BCUT2D eigenvalue weighted by molar-refractivity contribution is -0.389. The number of alkyl halides is 2. The maximum Gasteiger partial charge on any atom is 0.325 e. The Hall–Kier alpha value is -1.83. The molecule has 0 radical (unpaired) electrons. The highest BCUT2D eigenvalue weighted by atomic mass is 19.3. The van der Waals surface area contributed by atoms with Crippen LogP contribution in [0.3, 0.4) is 0 Å². The monoisotopic (exact) mass is 220 g/mol. The predicted octanol–water partition coefficient (Wildman–Crippen LogP) is 0.713. The van der Waals surface area contributed by atoms with Crippen LogP contribution < -0.4 is 5.43 Å². The van der Waals surface area contributed by atoms with Gasteiger partial charge in [-0.25, -0.2) is 13.8 Å². The van der Waals surface area contributed by atoms with E-state index in [9.17, 15) is 23.7 Å². The molecule has 0 aliphatic carbocycles. The molecule has 0 saturated heterocycles. The quantitative estimate of drug-likeness (QED) is 0.579. The molecule has 0 bridgehead atoms. The van der Waals surface area contributed by atoms with Crippen molar-refractivity contribution in [1.82, 2.24) is 4.98 Å². The molecule has 0 aliphatic heterocycles. The van der Waals surface area contributed by atoms with Gasteiger partial charge in [0, 0.05) is 0 Å². The summed E-state index contributed by atoms with van der Waals surface area (Å²) in [6, 6.07) is 0.553. The second kappa shape index (κ2) is 4.13. The van der Waals surface area contributed by atoms with Gasteiger partial charge in [0.1, 0.15) is 0 Å². The highest BCUT2D eigenvalue weighted by Gasteiger charge is 2.22. The zero-order valence-corrected chi connectivity index (χ0v) is 7.24. The van der Waals surface area contributed by atoms with Crippen molar-refractivity contribution in [3.05, 3.63) is 37.7 Å². The minimum atomic E-state index is -3.08. The van der Waals surface area contributed by atoms with Gasteiger partial charge in [0.05, 0.1) is 18.2 Å². The first-order valence-electron chi connectivity index (χ1n) is 3.77. The van der Waals surface area contributed by atoms with Crippen LogP contribution in [0.4, 0.5) is 14.6 Å². The topological polar surface area (TPSA) is 96.2 Å². The van der Waals surface area contributed by atoms with E-state index < -0.39 is 40.5 Å². The van der Waals surface area contributed by atoms with Crippen molar-refractivity contribution >= 4 is 5.82 Å². The van der Waals surface area contributed by atoms with Crippen LogP contribution in [0, 0.1) is 10.1 Å². The van der Waals surface area contributed by atoms with E-state index in [0.29, 0.717) is 6.07 Å². The molecule has 0 saturated carbocycles. The van der Waals surface area contributed by atoms with Gasteiger partial charge in [-0.05, 0) is 4.92 Å². The lowest BCUT2D eigenvalue weighted by Gasteiger charge is -2.03. The van der Waals surface area contributed by atoms with Crippen molar-refractivity contribution in [3.8, 4) is 0 Å². The van der Waals surface area contributed by atoms with E-state index in [1.807, 2.05) is 0 Å². The summed E-state index contributed by atoms with van der Waals surface area (Å²) in [5, 5.41) is 18.9. The average Bonchev–Trinajstić information content (AvgIpc) is 2.16. The number of halogens is 2. The van der Waals surface area contributed by atoms with E-state index >= 15 is 0 Å². The molecule has 8 heteroatoms. The average molecular weight is 220 g/mol. The predicted molar refractivity (Wildman–Crippen MR) is 44.6 cm³/mol. The van der Waals surface area contributed by atoms with E-state index in [-0.39, 0.29) is 0 Å². The summed E-state index contributed by atoms with van der Waals surface area (Å²) in [6.07, 6.45) is -3.08. The summed E-state index contributed by atoms with van der Waals surface area (Å²) < 4.78 is 24.7. The number of hydrogen-bond donors (Lipinski definition) is 2. The lowest BCUT2D eigenvalue weighted by atomic mass is 10.2. The highest BCUT2D eigenvalue weighted by molar-refractivity contribution is 5.29. The van der Waals surface area contributed by atoms with Crippen LogP contribution >= 0.6 is 0 Å². The second-order valence-corrected chi connectivity index (χ2v) is 2.63. The molecule has 0 unspecified atom stereocenters. The molecule has 82 valence electrons. The third-order valence-corrected chi connectivity index (χ3v) is 1.73. The number of hydrogen-bond acceptors (Lipinski definition) is 4. The molecule has 0 amide bonds. The Morgan fingerprint density at radius 2 is 2.20 bits per heavy atom. The van der Waals surface area contributed by atoms with Crippen LogP contribution in [0.2, 0.25) is 0 Å². The Bertz CT molecular complexity index is 443. The molecule has 1 aromatic rings. The summed E-state index contributed by atoms with van der Waals surface area (Å²) >= 11 is 0. The third-order valence-electron chi connectivity index (χ3n) is 1.73. The number of nitrogens with one attached hydrogen (secondary N) is 1. The minimum Gasteiger partial charge on any atom is -0.391 e. The van der Waals surface area contributed by atoms with Crippen molar-refractivity contribution in [2.24, 2.45) is 0 Å². The Morgan fingerprint density at radius 1 is 1.60 bits per heavy atom. The molecule has 0 spiro atoms. The van der Waals surface area contributed by atoms with Crippen LogP contribution in [-0.2, 0) is 6.61 Å². The number of nitro groups is 1. The first-order valence-corrected chi connectivity index (χ1v) is 3.77. The summed E-state index contributed by atoms with van der Waals surface area (Å²) in [5.41, 5.74) is -2.47. The molecule has 2 N–H and O–H groups in total. The number of aromatic nitrogens is 1. The minimum absolute atomic E-state index is 0.553. The maximum atomic E-state index is 12.3. The molecule has 1 heterocycles. The zero-order chi connectivity index (χ0) is 11.6. The molecule has 0 aromatic carbocycles. The van der Waals surface area contributed by atoms with Crippen LogP contribution in [0.25, 0.3) is 0 Å². The largest absolute Gasteiger partial charge is 0.391 e. The molecule has 15 heavy (non-hydrogen) atoms. The number of aromatic amines is 1. The Labute approximate surface area is 81.3 Å². The highest BCUT2D eigenvalue weighted by Crippen LogP contribution is 2.20. The number of nitrogens with zero attached hydrogens (tertiary/aromatic N) is 1. The van der Waals surface area contributed by atoms with Crippen molar-refractivity contribution in [2.75, 3.05) is 0 Å². The summed E-state index contributed by atoms with van der Waals surface area (Å²) in [6.45, 7) is -0.896. The first kappa shape index (κ1) is 11.2. The van der Waals surface area contributed by atoms with E-state index in [1.165, 1.54) is 0 Å². The van der Waals surface area contributed by atoms with Gasteiger partial charge in [-0.1, -0.05) is 0 Å². The van der Waals surface area contributed by atoms with Crippen LogP contribution in [0.5, 0.6) is 0 Å². The zero-order valence-electron chi connectivity index (χ0n) is 7.24. The Balaban J connectivity index is 3.46. The van der Waals surface area contributed by atoms with Crippen molar-refractivity contribution in [1.29, 1.82) is 0 Å². The molecule has 0 fully saturated rings. The Morgan fingerprint density at radius 3 is 2.60 bits per heavy atom. The number of aliphatic hydroxyl groups excluding tert-OH is 1. The molecular weight excluding hydrogens is 214 g/mol. The third kappa shape index (κ3) is 2.15. The van der Waals surface area contributed by atoms with Crippen LogP contribution in [0.1, 0.15) is 17.7 Å². The first-order chi connectivity index (χ1) is 6.97. The SMILES string of the molecule is O=c1cc([N+](=O)[O-])[nH]c(C(F)F)c1CO. The number of rotatable bonds is 3. The van der Waals surface area contributed by atoms with Gasteiger partial charge in [0.15, 0.2) is 11.1 Å². The molecular formula is C7H6F2N2O4. The second-order valence-electron chi connectivity index (χ2n) is 2.63. The van der Waals surface area contributed by atoms with Crippen molar-refractivity contribution < 1.29 is 18.8 Å². The molecule has 6 nitrogen and oxygen atoms in total. The van der Waals surface area contributed by atoms with Gasteiger partial charge >= 0.3 is 5.82 Å². The van der Waals surface area contributed by atoms with E-state index in [1.54, 1.807) is 4.98 Å². The van der Waals surface area contributed by atoms with Gasteiger partial charge in [0.2, 0.25) is 0 Å².